The first-order valence-corrected chi connectivity index (χ1v) is 3.17. The van der Waals surface area contributed by atoms with Gasteiger partial charge in [0.2, 0.25) is 5.91 Å². The predicted molar refractivity (Wildman–Crippen MR) is 31.9 cm³/mol. The van der Waals surface area contributed by atoms with Crippen LogP contribution in [0.2, 0.25) is 0 Å². The van der Waals surface area contributed by atoms with Crippen molar-refractivity contribution < 1.29 is 9.90 Å². The molecule has 1 aliphatic heterocycles. The summed E-state index contributed by atoms with van der Waals surface area (Å²) >= 11 is 0. The van der Waals surface area contributed by atoms with Crippen LogP contribution in [0.5, 0.6) is 0 Å². The summed E-state index contributed by atoms with van der Waals surface area (Å²) in [7, 11) is 0. The van der Waals surface area contributed by atoms with Crippen LogP contribution in [0.3, 0.4) is 0 Å². The average Bonchev–Trinajstić information content (AvgIpc) is 1.97. The molecule has 0 bridgehead atoms. The average molecular weight is 128 g/mol. The Kier molecular flexibility index (Phi) is 2.05. The molecular weight excluding hydrogens is 118 g/mol. The summed E-state index contributed by atoms with van der Waals surface area (Å²) in [6.45, 7) is 0.500. The molecule has 1 aliphatic rings. The quantitative estimate of drug-likeness (QED) is 0.485. The van der Waals surface area contributed by atoms with E-state index in [1.807, 2.05) is 0 Å². The van der Waals surface area contributed by atoms with Crippen LogP contribution in [-0.4, -0.2) is 23.7 Å². The normalized spacial score (nSPS) is 29.0. The fraction of sp³-hybridized carbons (Fsp3) is 0.833. The topological polar surface area (TPSA) is 51.4 Å². The Bertz CT molecular complexity index is 114. The highest BCUT2D eigenvalue weighted by Gasteiger charge is 2.13. The lowest BCUT2D eigenvalue weighted by Gasteiger charge is -2.00. The standard InChI is InChI=1S/C6H10NO2/c8-5-1-2-6(9)7-4-3-5/h5,8H,1-4H2. The molecule has 0 aliphatic carbocycles. The Hall–Kier alpha value is -0.570. The zero-order valence-electron chi connectivity index (χ0n) is 5.21. The summed E-state index contributed by atoms with van der Waals surface area (Å²) in [5, 5.41) is 12.7. The van der Waals surface area contributed by atoms with Crippen molar-refractivity contribution in [2.75, 3.05) is 6.54 Å². The monoisotopic (exact) mass is 128 g/mol. The van der Waals surface area contributed by atoms with Crippen molar-refractivity contribution in [3.8, 4) is 0 Å². The summed E-state index contributed by atoms with van der Waals surface area (Å²) < 4.78 is 0. The molecule has 1 radical (unpaired) electrons. The third-order valence-electron chi connectivity index (χ3n) is 1.44. The maximum Gasteiger partial charge on any atom is 0.241 e. The van der Waals surface area contributed by atoms with Gasteiger partial charge in [-0.15, -0.1) is 0 Å². The number of carbonyl (C=O) groups is 1. The Morgan fingerprint density at radius 3 is 3.11 bits per heavy atom. The van der Waals surface area contributed by atoms with Gasteiger partial charge in [-0.1, -0.05) is 0 Å². The molecule has 0 spiro atoms. The van der Waals surface area contributed by atoms with Crippen molar-refractivity contribution in [1.82, 2.24) is 5.32 Å². The number of hydrogen-bond donors (Lipinski definition) is 1. The smallest absolute Gasteiger partial charge is 0.241 e. The van der Waals surface area contributed by atoms with Crippen molar-refractivity contribution in [3.05, 3.63) is 0 Å². The molecule has 1 unspecified atom stereocenters. The van der Waals surface area contributed by atoms with Crippen LogP contribution < -0.4 is 5.32 Å². The molecule has 9 heavy (non-hydrogen) atoms. The van der Waals surface area contributed by atoms with E-state index in [2.05, 4.69) is 5.32 Å². The molecule has 3 nitrogen and oxygen atoms in total. The van der Waals surface area contributed by atoms with E-state index < -0.39 is 0 Å². The molecule has 1 rings (SSSR count). The third kappa shape index (κ3) is 2.01. The molecule has 0 aromatic heterocycles. The van der Waals surface area contributed by atoms with Gasteiger partial charge in [0.1, 0.15) is 0 Å². The van der Waals surface area contributed by atoms with E-state index in [4.69, 9.17) is 5.11 Å². The maximum absolute atomic E-state index is 10.6. The van der Waals surface area contributed by atoms with E-state index in [0.717, 1.165) is 0 Å². The Labute approximate surface area is 54.1 Å². The zero-order chi connectivity index (χ0) is 6.69. The molecule has 0 aromatic carbocycles. The lowest BCUT2D eigenvalue weighted by atomic mass is 10.2. The van der Waals surface area contributed by atoms with Gasteiger partial charge in [-0.25, -0.2) is 0 Å². The summed E-state index contributed by atoms with van der Waals surface area (Å²) in [6.07, 6.45) is 1.34. The van der Waals surface area contributed by atoms with Crippen LogP contribution in [0.4, 0.5) is 0 Å². The third-order valence-corrected chi connectivity index (χ3v) is 1.44. The van der Waals surface area contributed by atoms with E-state index >= 15 is 0 Å². The molecule has 1 fully saturated rings. The fourth-order valence-electron chi connectivity index (χ4n) is 0.852. The number of carbonyl (C=O) groups excluding carboxylic acids is 1. The van der Waals surface area contributed by atoms with E-state index in [0.29, 0.717) is 25.8 Å². The minimum Gasteiger partial charge on any atom is -0.393 e. The molecule has 3 heteroatoms. The first-order valence-electron chi connectivity index (χ1n) is 3.17. The van der Waals surface area contributed by atoms with Gasteiger partial charge in [0.15, 0.2) is 0 Å². The van der Waals surface area contributed by atoms with Gasteiger partial charge in [0.05, 0.1) is 6.10 Å². The number of aliphatic hydroxyl groups is 1. The van der Waals surface area contributed by atoms with Crippen LogP contribution in [-0.2, 0) is 4.79 Å². The Morgan fingerprint density at radius 2 is 2.33 bits per heavy atom. The molecule has 1 amide bonds. The molecule has 51 valence electrons. The molecule has 1 atom stereocenters. The highest BCUT2D eigenvalue weighted by molar-refractivity contribution is 5.75. The van der Waals surface area contributed by atoms with E-state index in [9.17, 15) is 4.79 Å². The first-order chi connectivity index (χ1) is 4.29. The van der Waals surface area contributed by atoms with Crippen LogP contribution >= 0.6 is 0 Å². The lowest BCUT2D eigenvalue weighted by molar-refractivity contribution is -0.121. The second-order valence-corrected chi connectivity index (χ2v) is 2.26. The van der Waals surface area contributed by atoms with Crippen molar-refractivity contribution >= 4 is 5.91 Å². The molecule has 1 heterocycles. The van der Waals surface area contributed by atoms with Gasteiger partial charge >= 0.3 is 0 Å². The number of hydrogen-bond acceptors (Lipinski definition) is 2. The molecule has 0 aromatic rings. The molecule has 1 N–H and O–H groups in total. The van der Waals surface area contributed by atoms with E-state index in [1.165, 1.54) is 0 Å². The maximum atomic E-state index is 10.6. The zero-order valence-corrected chi connectivity index (χ0v) is 5.21. The Balaban J connectivity index is 2.34. The number of aliphatic hydroxyl groups excluding tert-OH is 1. The van der Waals surface area contributed by atoms with Crippen molar-refractivity contribution in [3.63, 3.8) is 0 Å². The number of amides is 1. The van der Waals surface area contributed by atoms with Gasteiger partial charge < -0.3 is 5.11 Å². The first kappa shape index (κ1) is 6.55. The summed E-state index contributed by atoms with van der Waals surface area (Å²) in [6, 6.07) is 0. The van der Waals surface area contributed by atoms with Gasteiger partial charge in [0, 0.05) is 13.0 Å². The van der Waals surface area contributed by atoms with Gasteiger partial charge in [-0.3, -0.25) is 10.1 Å². The second kappa shape index (κ2) is 2.82. The van der Waals surface area contributed by atoms with Gasteiger partial charge in [-0.05, 0) is 12.8 Å². The van der Waals surface area contributed by atoms with Gasteiger partial charge in [0.25, 0.3) is 0 Å². The van der Waals surface area contributed by atoms with Crippen LogP contribution in [0.1, 0.15) is 19.3 Å². The van der Waals surface area contributed by atoms with Gasteiger partial charge in [-0.2, -0.15) is 0 Å². The van der Waals surface area contributed by atoms with Crippen molar-refractivity contribution in [1.29, 1.82) is 0 Å². The van der Waals surface area contributed by atoms with Crippen LogP contribution in [0.15, 0.2) is 0 Å². The SMILES string of the molecule is O=C1CCC(O)CC[N]1. The predicted octanol–water partition coefficient (Wildman–Crippen LogP) is -0.338. The molecule has 0 saturated carbocycles. The molecule has 1 saturated heterocycles. The summed E-state index contributed by atoms with van der Waals surface area (Å²) in [5.41, 5.74) is 0. The van der Waals surface area contributed by atoms with Crippen molar-refractivity contribution in [2.45, 2.75) is 25.4 Å². The van der Waals surface area contributed by atoms with Crippen LogP contribution in [0.25, 0.3) is 0 Å². The lowest BCUT2D eigenvalue weighted by Crippen LogP contribution is -2.13. The fourth-order valence-corrected chi connectivity index (χ4v) is 0.852. The number of nitrogens with zero attached hydrogens (tertiary/aromatic N) is 1. The second-order valence-electron chi connectivity index (χ2n) is 2.26. The minimum absolute atomic E-state index is 0.0634. The molecular formula is C6H10NO2. The Morgan fingerprint density at radius 1 is 1.56 bits per heavy atom. The minimum atomic E-state index is -0.305. The summed E-state index contributed by atoms with van der Waals surface area (Å²) in [4.78, 5) is 10.6. The highest BCUT2D eigenvalue weighted by atomic mass is 16.3. The van der Waals surface area contributed by atoms with E-state index in [1.54, 1.807) is 0 Å². The largest absolute Gasteiger partial charge is 0.393 e. The van der Waals surface area contributed by atoms with Crippen LogP contribution in [0, 0.1) is 0 Å². The highest BCUT2D eigenvalue weighted by Crippen LogP contribution is 2.05. The number of rotatable bonds is 0. The van der Waals surface area contributed by atoms with Crippen molar-refractivity contribution in [2.24, 2.45) is 0 Å². The summed E-state index contributed by atoms with van der Waals surface area (Å²) in [5.74, 6) is -0.0634. The van der Waals surface area contributed by atoms with E-state index in [-0.39, 0.29) is 12.0 Å².